The molecule has 0 bridgehead atoms. The molecule has 0 amide bonds. The van der Waals surface area contributed by atoms with Crippen LogP contribution in [0.3, 0.4) is 0 Å². The summed E-state index contributed by atoms with van der Waals surface area (Å²) < 4.78 is 4.28. The largest absolute Gasteiger partial charge is 0.461 e. The van der Waals surface area contributed by atoms with Crippen LogP contribution in [0.25, 0.3) is 10.4 Å². The van der Waals surface area contributed by atoms with Gasteiger partial charge in [0.1, 0.15) is 10.2 Å². The van der Waals surface area contributed by atoms with E-state index in [4.69, 9.17) is 10.3 Å². The van der Waals surface area contributed by atoms with E-state index in [2.05, 4.69) is 10.0 Å². The topological polar surface area (TPSA) is 75.1 Å². The standard InChI is InChI=1S/C16H14IN3O2/c17-16(19-20-18,14-9-5-2-6-10-14)11-15(21)22-12-13-7-3-1-4-8-13/h1-10H,11-12H2. The fraction of sp³-hybridized carbons (Fsp3) is 0.188. The van der Waals surface area contributed by atoms with Crippen molar-refractivity contribution in [3.05, 3.63) is 82.2 Å². The van der Waals surface area contributed by atoms with Crippen LogP contribution in [-0.4, -0.2) is 5.97 Å². The van der Waals surface area contributed by atoms with Gasteiger partial charge in [-0.2, -0.15) is 0 Å². The lowest BCUT2D eigenvalue weighted by Gasteiger charge is -2.21. The molecule has 1 unspecified atom stereocenters. The van der Waals surface area contributed by atoms with Crippen LogP contribution in [0.1, 0.15) is 17.5 Å². The predicted molar refractivity (Wildman–Crippen MR) is 92.1 cm³/mol. The van der Waals surface area contributed by atoms with Gasteiger partial charge in [-0.3, -0.25) is 4.79 Å². The number of nitrogens with zero attached hydrogens (tertiary/aromatic N) is 3. The molecule has 0 N–H and O–H groups in total. The van der Waals surface area contributed by atoms with Gasteiger partial charge in [0.05, 0.1) is 6.42 Å². The number of carbonyl (C=O) groups excluding carboxylic acids is 1. The zero-order valence-corrected chi connectivity index (χ0v) is 13.9. The van der Waals surface area contributed by atoms with Crippen molar-refractivity contribution in [1.29, 1.82) is 0 Å². The Kier molecular flexibility index (Phi) is 5.80. The summed E-state index contributed by atoms with van der Waals surface area (Å²) in [6.07, 6.45) is -0.0194. The maximum absolute atomic E-state index is 12.1. The van der Waals surface area contributed by atoms with Gasteiger partial charge in [-0.05, 0) is 16.7 Å². The van der Waals surface area contributed by atoms with Gasteiger partial charge in [0, 0.05) is 4.91 Å². The first kappa shape index (κ1) is 16.3. The monoisotopic (exact) mass is 407 g/mol. The summed E-state index contributed by atoms with van der Waals surface area (Å²) in [7, 11) is 0. The molecule has 0 fully saturated rings. The Balaban J connectivity index is 2.05. The number of esters is 1. The molecule has 0 aromatic heterocycles. The predicted octanol–water partition coefficient (Wildman–Crippen LogP) is 4.72. The molecule has 0 aliphatic carbocycles. The third-order valence-corrected chi connectivity index (χ3v) is 4.26. The minimum absolute atomic E-state index is 0.0194. The zero-order valence-electron chi connectivity index (χ0n) is 11.7. The molecule has 5 nitrogen and oxygen atoms in total. The lowest BCUT2D eigenvalue weighted by molar-refractivity contribution is -0.145. The Morgan fingerprint density at radius 2 is 1.73 bits per heavy atom. The quantitative estimate of drug-likeness (QED) is 0.132. The number of hydrogen-bond acceptors (Lipinski definition) is 3. The van der Waals surface area contributed by atoms with E-state index in [1.54, 1.807) is 0 Å². The summed E-state index contributed by atoms with van der Waals surface area (Å²) in [5.74, 6) is -0.408. The average molecular weight is 407 g/mol. The molecule has 0 heterocycles. The van der Waals surface area contributed by atoms with Gasteiger partial charge in [-0.1, -0.05) is 88.4 Å². The number of hydrogen-bond donors (Lipinski definition) is 0. The van der Waals surface area contributed by atoms with Gasteiger partial charge < -0.3 is 4.74 Å². The maximum Gasteiger partial charge on any atom is 0.307 e. The normalized spacial score (nSPS) is 12.8. The van der Waals surface area contributed by atoms with Crippen molar-refractivity contribution in [1.82, 2.24) is 0 Å². The maximum atomic E-state index is 12.1. The van der Waals surface area contributed by atoms with Crippen LogP contribution < -0.4 is 0 Å². The number of halogens is 1. The molecule has 22 heavy (non-hydrogen) atoms. The van der Waals surface area contributed by atoms with Gasteiger partial charge in [0.2, 0.25) is 0 Å². The second kappa shape index (κ2) is 7.82. The van der Waals surface area contributed by atoms with E-state index in [0.29, 0.717) is 0 Å². The Labute approximate surface area is 142 Å². The first-order valence-corrected chi connectivity index (χ1v) is 7.72. The Hall–Kier alpha value is -2.05. The molecular weight excluding hydrogens is 393 g/mol. The van der Waals surface area contributed by atoms with E-state index in [0.717, 1.165) is 11.1 Å². The van der Waals surface area contributed by atoms with Gasteiger partial charge in [-0.15, -0.1) is 0 Å². The van der Waals surface area contributed by atoms with Crippen LogP contribution in [0.2, 0.25) is 0 Å². The molecule has 1 atom stereocenters. The fourth-order valence-corrected chi connectivity index (χ4v) is 2.71. The van der Waals surface area contributed by atoms with E-state index in [-0.39, 0.29) is 13.0 Å². The summed E-state index contributed by atoms with van der Waals surface area (Å²) in [4.78, 5) is 14.9. The second-order valence-corrected chi connectivity index (χ2v) is 6.42. The van der Waals surface area contributed by atoms with Crippen LogP contribution in [0.4, 0.5) is 0 Å². The van der Waals surface area contributed by atoms with Crippen molar-refractivity contribution < 1.29 is 9.53 Å². The van der Waals surface area contributed by atoms with Crippen LogP contribution in [0, 0.1) is 0 Å². The van der Waals surface area contributed by atoms with Crippen LogP contribution in [-0.2, 0) is 19.7 Å². The van der Waals surface area contributed by atoms with E-state index < -0.39 is 9.51 Å². The van der Waals surface area contributed by atoms with Gasteiger partial charge in [0.15, 0.2) is 0 Å². The molecule has 6 heteroatoms. The van der Waals surface area contributed by atoms with Crippen LogP contribution in [0.15, 0.2) is 65.8 Å². The molecule has 0 aliphatic heterocycles. The average Bonchev–Trinajstić information content (AvgIpc) is 2.55. The first-order chi connectivity index (χ1) is 10.6. The summed E-state index contributed by atoms with van der Waals surface area (Å²) in [5, 5.41) is 3.79. The Bertz CT molecular complexity index is 672. The lowest BCUT2D eigenvalue weighted by Crippen LogP contribution is -2.21. The minimum Gasteiger partial charge on any atom is -0.461 e. The Morgan fingerprint density at radius 3 is 2.32 bits per heavy atom. The highest BCUT2D eigenvalue weighted by Crippen LogP contribution is 2.37. The first-order valence-electron chi connectivity index (χ1n) is 6.64. The smallest absolute Gasteiger partial charge is 0.307 e. The van der Waals surface area contributed by atoms with E-state index >= 15 is 0 Å². The van der Waals surface area contributed by atoms with Gasteiger partial charge >= 0.3 is 5.97 Å². The highest BCUT2D eigenvalue weighted by atomic mass is 127. The third kappa shape index (κ3) is 4.47. The summed E-state index contributed by atoms with van der Waals surface area (Å²) in [5.41, 5.74) is 10.5. The highest BCUT2D eigenvalue weighted by Gasteiger charge is 2.31. The van der Waals surface area contributed by atoms with Crippen LogP contribution in [0.5, 0.6) is 0 Å². The fourth-order valence-electron chi connectivity index (χ4n) is 1.94. The van der Waals surface area contributed by atoms with Gasteiger partial charge in [0.25, 0.3) is 0 Å². The molecule has 2 rings (SSSR count). The van der Waals surface area contributed by atoms with E-state index in [1.807, 2.05) is 83.3 Å². The molecular formula is C16H14IN3O2. The number of rotatable bonds is 6. The van der Waals surface area contributed by atoms with Crippen molar-refractivity contribution in [2.45, 2.75) is 16.6 Å². The van der Waals surface area contributed by atoms with Crippen molar-refractivity contribution in [2.75, 3.05) is 0 Å². The molecule has 2 aromatic carbocycles. The Morgan fingerprint density at radius 1 is 1.14 bits per heavy atom. The number of azide groups is 1. The summed E-state index contributed by atoms with van der Waals surface area (Å²) in [6.45, 7) is 0.206. The van der Waals surface area contributed by atoms with E-state index in [1.165, 1.54) is 0 Å². The highest BCUT2D eigenvalue weighted by molar-refractivity contribution is 14.1. The van der Waals surface area contributed by atoms with Crippen LogP contribution >= 0.6 is 22.6 Å². The van der Waals surface area contributed by atoms with Crippen molar-refractivity contribution in [3.63, 3.8) is 0 Å². The minimum atomic E-state index is -0.985. The molecule has 0 aliphatic rings. The molecule has 0 spiro atoms. The molecule has 0 saturated heterocycles. The summed E-state index contributed by atoms with van der Waals surface area (Å²) in [6, 6.07) is 18.6. The molecule has 0 radical (unpaired) electrons. The summed E-state index contributed by atoms with van der Waals surface area (Å²) >= 11 is 1.99. The third-order valence-electron chi connectivity index (χ3n) is 3.04. The van der Waals surface area contributed by atoms with Crippen molar-refractivity contribution in [3.8, 4) is 0 Å². The molecule has 112 valence electrons. The van der Waals surface area contributed by atoms with E-state index in [9.17, 15) is 4.79 Å². The van der Waals surface area contributed by atoms with Crippen molar-refractivity contribution in [2.24, 2.45) is 5.11 Å². The second-order valence-electron chi connectivity index (χ2n) is 4.64. The molecule has 0 saturated carbocycles. The number of benzene rings is 2. The number of carbonyl (C=O) groups is 1. The lowest BCUT2D eigenvalue weighted by atomic mass is 10.0. The zero-order chi connectivity index (χ0) is 15.8. The van der Waals surface area contributed by atoms with Crippen molar-refractivity contribution >= 4 is 28.6 Å². The SMILES string of the molecule is [N-]=[N+]=NC(I)(CC(=O)OCc1ccccc1)c1ccccc1. The number of ether oxygens (including phenoxy) is 1. The molecule has 2 aromatic rings. The van der Waals surface area contributed by atoms with Gasteiger partial charge in [-0.25, -0.2) is 0 Å². The number of alkyl halides is 1.